The highest BCUT2D eigenvalue weighted by Gasteiger charge is 2.57. The van der Waals surface area contributed by atoms with E-state index in [-0.39, 0.29) is 13.2 Å². The minimum Gasteiger partial charge on any atom is -0.436 e. The van der Waals surface area contributed by atoms with Crippen LogP contribution in [0.4, 0.5) is 9.59 Å². The van der Waals surface area contributed by atoms with Crippen LogP contribution in [-0.4, -0.2) is 256 Å². The van der Waals surface area contributed by atoms with Crippen molar-refractivity contribution in [3.05, 3.63) is 25.7 Å². The Bertz CT molecular complexity index is 3210. The topological polar surface area (TPSA) is 311 Å². The third-order valence-corrected chi connectivity index (χ3v) is 122. The molecular weight excluding hydrogens is 2090 g/mol. The second-order valence-corrected chi connectivity index (χ2v) is 144. The highest BCUT2D eigenvalue weighted by atomic mass is 28.6. The predicted octanol–water partition coefficient (Wildman–Crippen LogP) is 23.5. The zero-order valence-corrected chi connectivity index (χ0v) is 117. The summed E-state index contributed by atoms with van der Waals surface area (Å²) in [7, 11) is -76.4. The molecule has 0 aliphatic rings. The van der Waals surface area contributed by atoms with E-state index >= 15 is 0 Å². The SMILES string of the molecule is C=COC(=O)OCCCC[Si](C)(C)O[Si](C)(C)O[Si](C)(C)O[Si](C)(C)O[Si](C)(C)O[Si](C)(C)O[Si](C)(C)O[Si](C)(C)O[Si](C)(C)O[Si](C)(C)O[Si](C)(C)O[Si](C)(C)O[Si](C)(C)O[Si](C)(C)O[Si](C)(C)O[Si](C)(C)O[Si](C)(C)O[Si](C)(C)O[Si](C)(C)O[Si](C)(C)O[Si](C)(C)O[Si](C)(C)O[Si](C)(C)O[Si](C)(C)O[Si](C)(C)O[Si](C)(C)O[Si](C)(C)CCCCOC(=O)OC=C. The van der Waals surface area contributed by atoms with Crippen LogP contribution in [0.25, 0.3) is 0 Å². The van der Waals surface area contributed by atoms with Gasteiger partial charge in [0.2, 0.25) is 0 Å². The van der Waals surface area contributed by atoms with Crippen molar-refractivity contribution in [3.8, 4) is 0 Å². The lowest BCUT2D eigenvalue weighted by molar-refractivity contribution is 0.0827. The molecular formula is C68H184O32Si27. The van der Waals surface area contributed by atoms with Gasteiger partial charge in [-0.25, -0.2) is 9.59 Å². The lowest BCUT2D eigenvalue weighted by atomic mass is 10.4. The third kappa shape index (κ3) is 62.0. The van der Waals surface area contributed by atoms with Crippen molar-refractivity contribution >= 4 is 243 Å². The molecule has 0 bridgehead atoms. The molecule has 0 atom stereocenters. The molecule has 59 heteroatoms. The summed E-state index contributed by atoms with van der Waals surface area (Å²) in [6.45, 7) is 118. The fraction of sp³-hybridized carbons (Fsp3) is 0.912. The highest BCUT2D eigenvalue weighted by molar-refractivity contribution is 6.98. The Labute approximate surface area is 801 Å². The molecule has 0 aromatic carbocycles. The second-order valence-electron chi connectivity index (χ2n) is 44.8. The first-order valence-corrected chi connectivity index (χ1v) is 121. The van der Waals surface area contributed by atoms with Gasteiger partial charge in [-0.2, -0.15) is 0 Å². The summed E-state index contributed by atoms with van der Waals surface area (Å²) in [4.78, 5) is 23.1. The molecule has 0 spiro atoms. The van der Waals surface area contributed by atoms with Crippen LogP contribution in [-0.2, 0) is 126 Å². The van der Waals surface area contributed by atoms with Crippen LogP contribution in [0.15, 0.2) is 25.7 Å². The Morgan fingerprint density at radius 3 is 0.354 bits per heavy atom. The van der Waals surface area contributed by atoms with E-state index in [1.165, 1.54) is 0 Å². The summed E-state index contributed by atoms with van der Waals surface area (Å²) in [6.07, 6.45) is 3.71. The number of carbonyl (C=O) groups excluding carboxylic acids is 2. The normalized spacial score (nSPS) is 15.4. The van der Waals surface area contributed by atoms with E-state index in [0.717, 1.165) is 37.5 Å². The van der Waals surface area contributed by atoms with Crippen LogP contribution in [0.1, 0.15) is 25.7 Å². The number of hydrogen-bond donors (Lipinski definition) is 0. The first-order valence-electron chi connectivity index (χ1n) is 44.4. The number of carbonyl (C=O) groups is 2. The molecule has 0 N–H and O–H groups in total. The first kappa shape index (κ1) is 130. The molecule has 0 radical (unpaired) electrons. The third-order valence-electron chi connectivity index (χ3n) is 16.0. The van der Waals surface area contributed by atoms with Crippen LogP contribution >= 0.6 is 0 Å². The minimum absolute atomic E-state index is 0.270. The quantitative estimate of drug-likeness (QED) is 0.0236. The summed E-state index contributed by atoms with van der Waals surface area (Å²) < 4.78 is 200. The molecule has 0 aromatic heterocycles. The summed E-state index contributed by atoms with van der Waals surface area (Å²) in [5.74, 6) is 0. The Hall–Kier alpha value is 2.84. The fourth-order valence-corrected chi connectivity index (χ4v) is 159. The van der Waals surface area contributed by atoms with Gasteiger partial charge >= 0.3 is 226 Å². The summed E-state index contributed by atoms with van der Waals surface area (Å²) in [5.41, 5.74) is 0. The van der Waals surface area contributed by atoms with Crippen molar-refractivity contribution in [2.24, 2.45) is 0 Å². The van der Waals surface area contributed by atoms with Gasteiger partial charge in [-0.3, -0.25) is 0 Å². The van der Waals surface area contributed by atoms with E-state index in [2.05, 4.69) is 101 Å². The Kier molecular flexibility index (Phi) is 48.4. The van der Waals surface area contributed by atoms with Gasteiger partial charge in [-0.15, -0.1) is 0 Å². The van der Waals surface area contributed by atoms with Crippen LogP contribution < -0.4 is 0 Å². The monoisotopic (exact) mass is 2270 g/mol. The molecule has 0 aliphatic heterocycles. The number of unbranched alkanes of at least 4 members (excludes halogenated alkanes) is 2. The molecule has 0 rings (SSSR count). The van der Waals surface area contributed by atoms with Gasteiger partial charge in [-0.1, -0.05) is 26.0 Å². The van der Waals surface area contributed by atoms with Gasteiger partial charge in [0.1, 0.15) is 0 Å². The van der Waals surface area contributed by atoms with Crippen LogP contribution in [0.5, 0.6) is 0 Å². The van der Waals surface area contributed by atoms with Gasteiger partial charge < -0.3 is 126 Å². The molecule has 0 amide bonds. The fourth-order valence-electron chi connectivity index (χ4n) is 18.0. The van der Waals surface area contributed by atoms with Crippen LogP contribution in [0.3, 0.4) is 0 Å². The summed E-state index contributed by atoms with van der Waals surface area (Å²) in [6, 6.07) is 1.77. The van der Waals surface area contributed by atoms with Gasteiger partial charge in [0.15, 0.2) is 16.6 Å². The van der Waals surface area contributed by atoms with Gasteiger partial charge in [0.25, 0.3) is 0 Å². The van der Waals surface area contributed by atoms with E-state index in [1.807, 2.05) is 275 Å². The van der Waals surface area contributed by atoms with Gasteiger partial charge in [-0.05, 0) is 378 Å². The summed E-state index contributed by atoms with van der Waals surface area (Å²) in [5, 5.41) is 0. The highest BCUT2D eigenvalue weighted by Crippen LogP contribution is 2.38. The maximum atomic E-state index is 11.5. The lowest BCUT2D eigenvalue weighted by Crippen LogP contribution is -2.63. The Balaban J connectivity index is 5.89. The summed E-state index contributed by atoms with van der Waals surface area (Å²) >= 11 is 0. The predicted molar refractivity (Wildman–Crippen MR) is 574 cm³/mol. The zero-order chi connectivity index (χ0) is 101. The zero-order valence-electron chi connectivity index (χ0n) is 89.8. The van der Waals surface area contributed by atoms with Gasteiger partial charge in [0.05, 0.1) is 25.7 Å². The Morgan fingerprint density at radius 2 is 0.260 bits per heavy atom. The maximum Gasteiger partial charge on any atom is 0.513 e. The number of hydrogen-bond acceptors (Lipinski definition) is 32. The number of ether oxygens (including phenoxy) is 4. The minimum atomic E-state index is -2.95. The molecule has 32 nitrogen and oxygen atoms in total. The molecule has 0 fully saturated rings. The molecule has 0 heterocycles. The Morgan fingerprint density at radius 1 is 0.165 bits per heavy atom. The van der Waals surface area contributed by atoms with Crippen molar-refractivity contribution in [1.29, 1.82) is 0 Å². The molecule has 0 aromatic rings. The molecule has 0 unspecified atom stereocenters. The van der Waals surface area contributed by atoms with Crippen LogP contribution in [0.2, 0.25) is 366 Å². The van der Waals surface area contributed by atoms with Crippen molar-refractivity contribution in [3.63, 3.8) is 0 Å². The smallest absolute Gasteiger partial charge is 0.436 e. The van der Waals surface area contributed by atoms with Crippen molar-refractivity contribution in [2.75, 3.05) is 13.2 Å². The molecule has 0 aliphatic carbocycles. The van der Waals surface area contributed by atoms with E-state index in [1.54, 1.807) is 0 Å². The van der Waals surface area contributed by atoms with E-state index in [0.29, 0.717) is 12.8 Å². The van der Waals surface area contributed by atoms with E-state index in [9.17, 15) is 9.59 Å². The largest absolute Gasteiger partial charge is 0.513 e. The first-order chi connectivity index (χ1) is 55.3. The average Bonchev–Trinajstić information content (AvgIpc) is 0.809. The van der Waals surface area contributed by atoms with E-state index in [4.69, 9.17) is 116 Å². The van der Waals surface area contributed by atoms with E-state index < -0.39 is 243 Å². The maximum absolute atomic E-state index is 11.5. The number of rotatable bonds is 64. The molecule has 0 saturated carbocycles. The van der Waals surface area contributed by atoms with Crippen LogP contribution in [0, 0.1) is 0 Å². The van der Waals surface area contributed by atoms with Crippen molar-refractivity contribution < 1.29 is 136 Å². The average molecular weight is 2270 g/mol. The second kappa shape index (κ2) is 47.4. The standard InChI is InChI=1S/C68H184O32Si27/c1-57-71-67(69)73-63-59-61-65-101(3,4)75-103(7,8)77-105(11,12)79-107(15,16)81-109(19,20)83-111(23,24)85-113(27,28)87-115(31,32)89-117(35,36)91-119(39,40)93-121(43,44)95-123(47,48)97-125(51,52)99-127(55,56)100-126(53,54)98-124(49,50)96-122(45,46)94-120(41,42)92-118(37,38)90-116(33,34)88-114(29,30)86-112(25,26)84-110(21,22)82-108(17,18)80-106(13,14)78-104(9,10)76-102(5,6)66-62-60-64-74-68(70)72-58-2/h57-58H,1-2,59-66H2,3-56H3. The van der Waals surface area contributed by atoms with Crippen molar-refractivity contribution in [2.45, 2.75) is 391 Å². The molecule has 0 saturated heterocycles. The van der Waals surface area contributed by atoms with Gasteiger partial charge in [0, 0.05) is 0 Å². The van der Waals surface area contributed by atoms with Crippen molar-refractivity contribution in [1.82, 2.24) is 0 Å². The molecule has 756 valence electrons. The lowest BCUT2D eigenvalue weighted by Gasteiger charge is -2.45. The molecule has 127 heavy (non-hydrogen) atoms.